The Balaban J connectivity index is 1.48. The van der Waals surface area contributed by atoms with Crippen LogP contribution in [0.2, 0.25) is 0 Å². The number of nitrogens with zero attached hydrogens (tertiary/aromatic N) is 2. The first-order valence-corrected chi connectivity index (χ1v) is 11.2. The highest BCUT2D eigenvalue weighted by molar-refractivity contribution is 5.97. The lowest BCUT2D eigenvalue weighted by atomic mass is 9.85. The monoisotopic (exact) mass is 436 g/mol. The van der Waals surface area contributed by atoms with Crippen LogP contribution in [0.1, 0.15) is 28.4 Å². The third kappa shape index (κ3) is 3.09. The van der Waals surface area contributed by atoms with Gasteiger partial charge in [-0.3, -0.25) is 9.59 Å². The minimum Gasteiger partial charge on any atom is -0.398 e. The Morgan fingerprint density at radius 3 is 2.45 bits per heavy atom. The van der Waals surface area contributed by atoms with Crippen molar-refractivity contribution in [2.24, 2.45) is 0 Å². The summed E-state index contributed by atoms with van der Waals surface area (Å²) in [6, 6.07) is 24.5. The Kier molecular flexibility index (Phi) is 4.47. The van der Waals surface area contributed by atoms with Gasteiger partial charge >= 0.3 is 0 Å². The van der Waals surface area contributed by atoms with Crippen LogP contribution >= 0.6 is 0 Å². The molecule has 0 bridgehead atoms. The van der Waals surface area contributed by atoms with Crippen LogP contribution in [0.4, 0.5) is 5.69 Å². The van der Waals surface area contributed by atoms with Gasteiger partial charge in [0.15, 0.2) is 0 Å². The molecular weight excluding hydrogens is 412 g/mol. The maximum Gasteiger partial charge on any atom is 0.246 e. The van der Waals surface area contributed by atoms with Gasteiger partial charge in [0.25, 0.3) is 0 Å². The van der Waals surface area contributed by atoms with Gasteiger partial charge in [0.1, 0.15) is 18.6 Å². The average Bonchev–Trinajstić information content (AvgIpc) is 3.21. The molecule has 4 aromatic rings. The molecule has 2 atom stereocenters. The van der Waals surface area contributed by atoms with Crippen molar-refractivity contribution in [2.75, 3.05) is 12.3 Å². The summed E-state index contributed by atoms with van der Waals surface area (Å²) in [6.45, 7) is 0.484. The number of hydrogen-bond acceptors (Lipinski definition) is 3. The number of nitrogen functional groups attached to an aromatic ring is 1. The second-order valence-corrected chi connectivity index (χ2v) is 8.80. The normalized spacial score (nSPS) is 20.1. The Morgan fingerprint density at radius 1 is 0.909 bits per heavy atom. The van der Waals surface area contributed by atoms with Crippen LogP contribution < -0.4 is 5.73 Å². The lowest BCUT2D eigenvalue weighted by molar-refractivity contribution is -0.159. The number of fused-ring (bicyclic) bond motifs is 4. The second-order valence-electron chi connectivity index (χ2n) is 8.80. The van der Waals surface area contributed by atoms with Gasteiger partial charge < -0.3 is 20.5 Å². The maximum atomic E-state index is 13.7. The summed E-state index contributed by atoms with van der Waals surface area (Å²) in [6.07, 6.45) is 0.485. The average molecular weight is 437 g/mol. The predicted octanol–water partition coefficient (Wildman–Crippen LogP) is 3.64. The Hall–Kier alpha value is -4.06. The number of aromatic amines is 1. The summed E-state index contributed by atoms with van der Waals surface area (Å²) in [4.78, 5) is 34.3. The first kappa shape index (κ1) is 19.6. The number of nitrogens with one attached hydrogen (secondary N) is 1. The van der Waals surface area contributed by atoms with Gasteiger partial charge in [-0.15, -0.1) is 0 Å². The van der Waals surface area contributed by atoms with Crippen LogP contribution in [-0.2, 0) is 22.6 Å². The van der Waals surface area contributed by atoms with Crippen LogP contribution in [0.3, 0.4) is 0 Å². The minimum absolute atomic E-state index is 0.0195. The first-order valence-electron chi connectivity index (χ1n) is 11.2. The third-order valence-corrected chi connectivity index (χ3v) is 6.85. The van der Waals surface area contributed by atoms with E-state index in [4.69, 9.17) is 5.73 Å². The molecule has 0 aliphatic carbocycles. The van der Waals surface area contributed by atoms with Gasteiger partial charge in [0.05, 0.1) is 0 Å². The predicted molar refractivity (Wildman–Crippen MR) is 127 cm³/mol. The number of hydrogen-bond donors (Lipinski definition) is 2. The van der Waals surface area contributed by atoms with E-state index in [-0.39, 0.29) is 18.4 Å². The fourth-order valence-corrected chi connectivity index (χ4v) is 5.35. The molecular formula is C27H24N4O2. The van der Waals surface area contributed by atoms with E-state index >= 15 is 0 Å². The molecule has 0 spiro atoms. The quantitative estimate of drug-likeness (QED) is 0.481. The van der Waals surface area contributed by atoms with E-state index in [0.29, 0.717) is 18.7 Å². The molecule has 1 saturated heterocycles. The number of para-hydroxylation sites is 2. The van der Waals surface area contributed by atoms with Crippen molar-refractivity contribution in [3.05, 3.63) is 101 Å². The number of aromatic nitrogens is 1. The second kappa shape index (κ2) is 7.52. The molecule has 2 aliphatic heterocycles. The first-order chi connectivity index (χ1) is 16.1. The number of carbonyl (C=O) groups is 2. The van der Waals surface area contributed by atoms with Crippen molar-refractivity contribution in [3.8, 4) is 0 Å². The Bertz CT molecular complexity index is 1380. The lowest BCUT2D eigenvalue weighted by Gasteiger charge is -2.47. The molecule has 2 amide bonds. The Morgan fingerprint density at radius 2 is 1.64 bits per heavy atom. The van der Waals surface area contributed by atoms with Gasteiger partial charge in [0, 0.05) is 40.8 Å². The van der Waals surface area contributed by atoms with E-state index in [9.17, 15) is 9.59 Å². The fraction of sp³-hybridized carbons (Fsp3) is 0.185. The van der Waals surface area contributed by atoms with Crippen molar-refractivity contribution in [2.45, 2.75) is 25.0 Å². The van der Waals surface area contributed by atoms with Crippen molar-refractivity contribution in [1.82, 2.24) is 14.8 Å². The molecule has 3 heterocycles. The van der Waals surface area contributed by atoms with Crippen LogP contribution in [0.5, 0.6) is 0 Å². The van der Waals surface area contributed by atoms with Gasteiger partial charge in [-0.05, 0) is 23.3 Å². The van der Waals surface area contributed by atoms with E-state index in [1.165, 1.54) is 0 Å². The molecule has 6 heteroatoms. The van der Waals surface area contributed by atoms with Crippen LogP contribution in [0.15, 0.2) is 78.9 Å². The standard InChI is InChI=1S/C27H24N4O2/c28-21-12-6-4-11-19(21)26-25-20(18-10-5-7-13-22(18)29-25)14-23-27(33)30(16-24(32)31(23)26)15-17-8-2-1-3-9-17/h1-13,23,26,29H,14-16,28H2/t23?,26-/m1/s1. The number of H-pyrrole nitrogens is 1. The van der Waals surface area contributed by atoms with E-state index < -0.39 is 12.1 Å². The molecule has 164 valence electrons. The van der Waals surface area contributed by atoms with Gasteiger partial charge in [-0.2, -0.15) is 0 Å². The summed E-state index contributed by atoms with van der Waals surface area (Å²) in [5, 5.41) is 1.09. The largest absolute Gasteiger partial charge is 0.398 e. The summed E-state index contributed by atoms with van der Waals surface area (Å²) in [7, 11) is 0. The summed E-state index contributed by atoms with van der Waals surface area (Å²) in [5.41, 5.74) is 11.9. The van der Waals surface area contributed by atoms with Gasteiger partial charge in [0.2, 0.25) is 11.8 Å². The van der Waals surface area contributed by atoms with Crippen molar-refractivity contribution < 1.29 is 9.59 Å². The fourth-order valence-electron chi connectivity index (χ4n) is 5.35. The van der Waals surface area contributed by atoms with E-state index in [2.05, 4.69) is 11.1 Å². The third-order valence-electron chi connectivity index (χ3n) is 6.85. The van der Waals surface area contributed by atoms with Crippen LogP contribution in [-0.4, -0.2) is 39.2 Å². The smallest absolute Gasteiger partial charge is 0.246 e. The molecule has 6 nitrogen and oxygen atoms in total. The zero-order valence-corrected chi connectivity index (χ0v) is 18.1. The van der Waals surface area contributed by atoms with E-state index in [1.807, 2.05) is 72.8 Å². The number of piperazine rings is 1. The highest BCUT2D eigenvalue weighted by Crippen LogP contribution is 2.43. The zero-order chi connectivity index (χ0) is 22.5. The molecule has 6 rings (SSSR count). The molecule has 33 heavy (non-hydrogen) atoms. The molecule has 1 aromatic heterocycles. The number of carbonyl (C=O) groups excluding carboxylic acids is 2. The molecule has 2 aliphatic rings. The SMILES string of the molecule is Nc1ccccc1[C@@H]1c2[nH]c3ccccc3c2CC2C(=O)N(Cc3ccccc3)CC(=O)N21. The summed E-state index contributed by atoms with van der Waals surface area (Å²) < 4.78 is 0. The topological polar surface area (TPSA) is 82.4 Å². The van der Waals surface area contributed by atoms with Crippen molar-refractivity contribution >= 4 is 28.4 Å². The Labute approximate surface area is 191 Å². The molecule has 3 aromatic carbocycles. The molecule has 3 N–H and O–H groups in total. The summed E-state index contributed by atoms with van der Waals surface area (Å²) in [5.74, 6) is -0.0815. The lowest BCUT2D eigenvalue weighted by Crippen LogP contribution is -2.62. The van der Waals surface area contributed by atoms with Crippen LogP contribution in [0.25, 0.3) is 10.9 Å². The zero-order valence-electron chi connectivity index (χ0n) is 18.1. The number of nitrogens with two attached hydrogens (primary N) is 1. The summed E-state index contributed by atoms with van der Waals surface area (Å²) >= 11 is 0. The van der Waals surface area contributed by atoms with Crippen molar-refractivity contribution in [3.63, 3.8) is 0 Å². The highest BCUT2D eigenvalue weighted by atomic mass is 16.2. The molecule has 0 radical (unpaired) electrons. The van der Waals surface area contributed by atoms with Crippen molar-refractivity contribution in [1.29, 1.82) is 0 Å². The maximum absolute atomic E-state index is 13.7. The number of amides is 2. The molecule has 0 saturated carbocycles. The molecule has 1 fully saturated rings. The molecule has 1 unspecified atom stereocenters. The van der Waals surface area contributed by atoms with Gasteiger partial charge in [-0.25, -0.2) is 0 Å². The number of anilines is 1. The number of benzene rings is 3. The minimum atomic E-state index is -0.564. The van der Waals surface area contributed by atoms with E-state index in [0.717, 1.165) is 33.3 Å². The highest BCUT2D eigenvalue weighted by Gasteiger charge is 2.48. The van der Waals surface area contributed by atoms with E-state index in [1.54, 1.807) is 9.80 Å². The van der Waals surface area contributed by atoms with Gasteiger partial charge in [-0.1, -0.05) is 66.7 Å². The van der Waals surface area contributed by atoms with Crippen LogP contribution in [0, 0.1) is 0 Å². The number of rotatable bonds is 3.